The molecule has 2 aromatic carbocycles. The Bertz CT molecular complexity index is 701. The molecule has 0 saturated heterocycles. The summed E-state index contributed by atoms with van der Waals surface area (Å²) in [4.78, 5) is 10.7. The van der Waals surface area contributed by atoms with Crippen LogP contribution >= 0.6 is 0 Å². The molecular weight excluding hydrogens is 279 g/mol. The van der Waals surface area contributed by atoms with E-state index in [0.717, 1.165) is 23.0 Å². The van der Waals surface area contributed by atoms with E-state index in [2.05, 4.69) is 20.6 Å². The average Bonchev–Trinajstić information content (AvgIpc) is 3.01. The van der Waals surface area contributed by atoms with Crippen LogP contribution in [-0.4, -0.2) is 26.9 Å². The molecule has 0 amide bonds. The molecule has 0 bridgehead atoms. The van der Waals surface area contributed by atoms with E-state index in [1.54, 1.807) is 12.1 Å². The molecule has 3 rings (SSSR count). The molecule has 0 aliphatic heterocycles. The van der Waals surface area contributed by atoms with Gasteiger partial charge in [-0.3, -0.25) is 4.79 Å². The second-order valence-corrected chi connectivity index (χ2v) is 4.02. The molecule has 6 heteroatoms. The second kappa shape index (κ2) is 7.01. The van der Waals surface area contributed by atoms with Gasteiger partial charge in [0.15, 0.2) is 0 Å². The van der Waals surface area contributed by atoms with Crippen molar-refractivity contribution in [2.24, 2.45) is 0 Å². The Balaban J connectivity index is 0.00000110. The summed E-state index contributed by atoms with van der Waals surface area (Å²) in [6, 6.07) is 15.2. The first-order chi connectivity index (χ1) is 9.38. The van der Waals surface area contributed by atoms with Crippen LogP contribution in [0.4, 0.5) is 0 Å². The maximum absolute atomic E-state index is 10.7. The van der Waals surface area contributed by atoms with Crippen LogP contribution in [0.1, 0.15) is 11.8 Å². The van der Waals surface area contributed by atoms with Gasteiger partial charge >= 0.3 is 51.4 Å². The van der Waals surface area contributed by atoms with E-state index < -0.39 is 0 Å². The number of aldehydes is 1. The van der Waals surface area contributed by atoms with Crippen LogP contribution in [0.25, 0.3) is 22.5 Å². The topological polar surface area (TPSA) is 71.5 Å². The van der Waals surface area contributed by atoms with Crippen molar-refractivity contribution in [3.8, 4) is 22.5 Å². The standard InChI is InChI=1S/C14H10N4O.K.H/c19-9-10-5-7-11(8-6-10)12-3-1-2-4-13(12)14-15-17-18-16-14;;/h1-9H,(H,15,16,17,18);;/q;+1;-1. The minimum Gasteiger partial charge on any atom is -1.00 e. The zero-order chi connectivity index (χ0) is 13.1. The zero-order valence-corrected chi connectivity index (χ0v) is 14.1. The first-order valence-corrected chi connectivity index (χ1v) is 5.77. The van der Waals surface area contributed by atoms with Crippen molar-refractivity contribution in [3.05, 3.63) is 54.1 Å². The molecule has 0 atom stereocenters. The minimum atomic E-state index is 0. The van der Waals surface area contributed by atoms with Gasteiger partial charge in [-0.1, -0.05) is 48.5 Å². The first kappa shape index (κ1) is 15.2. The van der Waals surface area contributed by atoms with Gasteiger partial charge in [-0.05, 0) is 16.3 Å². The fourth-order valence-corrected chi connectivity index (χ4v) is 1.95. The van der Waals surface area contributed by atoms with Crippen molar-refractivity contribution >= 4 is 6.29 Å². The number of benzene rings is 2. The number of nitrogens with zero attached hydrogens (tertiary/aromatic N) is 3. The van der Waals surface area contributed by atoms with E-state index in [9.17, 15) is 4.79 Å². The van der Waals surface area contributed by atoms with Crippen LogP contribution < -0.4 is 51.4 Å². The van der Waals surface area contributed by atoms with Gasteiger partial charge in [0.2, 0.25) is 5.82 Å². The van der Waals surface area contributed by atoms with Crippen molar-refractivity contribution in [3.63, 3.8) is 0 Å². The van der Waals surface area contributed by atoms with Gasteiger partial charge in [-0.2, -0.15) is 5.21 Å². The number of hydrogen-bond acceptors (Lipinski definition) is 4. The number of H-pyrrole nitrogens is 1. The van der Waals surface area contributed by atoms with Crippen molar-refractivity contribution in [1.29, 1.82) is 0 Å². The summed E-state index contributed by atoms with van der Waals surface area (Å²) >= 11 is 0. The number of carbonyl (C=O) groups is 1. The summed E-state index contributed by atoms with van der Waals surface area (Å²) in [6.07, 6.45) is 0.828. The summed E-state index contributed by atoms with van der Waals surface area (Å²) in [5.41, 5.74) is 3.56. The molecule has 5 nitrogen and oxygen atoms in total. The number of carbonyl (C=O) groups excluding carboxylic acids is 1. The van der Waals surface area contributed by atoms with Crippen LogP contribution in [0.2, 0.25) is 0 Å². The van der Waals surface area contributed by atoms with Gasteiger partial charge in [0, 0.05) is 11.1 Å². The fraction of sp³-hybridized carbons (Fsp3) is 0. The first-order valence-electron chi connectivity index (χ1n) is 5.77. The number of tetrazole rings is 1. The molecule has 0 unspecified atom stereocenters. The van der Waals surface area contributed by atoms with Crippen LogP contribution in [0.15, 0.2) is 48.5 Å². The predicted octanol–water partition coefficient (Wildman–Crippen LogP) is -0.537. The van der Waals surface area contributed by atoms with Gasteiger partial charge in [-0.25, -0.2) is 0 Å². The average molecular weight is 290 g/mol. The SMILES string of the molecule is O=Cc1ccc(-c2ccccc2-c2nn[nH]n2)cc1.[H-].[K+]. The maximum Gasteiger partial charge on any atom is 1.00 e. The van der Waals surface area contributed by atoms with Crippen LogP contribution in [0.3, 0.4) is 0 Å². The van der Waals surface area contributed by atoms with Crippen molar-refractivity contribution < 1.29 is 57.6 Å². The summed E-state index contributed by atoms with van der Waals surface area (Å²) in [5, 5.41) is 14.0. The molecule has 0 radical (unpaired) electrons. The smallest absolute Gasteiger partial charge is 1.00 e. The summed E-state index contributed by atoms with van der Waals surface area (Å²) in [7, 11) is 0. The van der Waals surface area contributed by atoms with Gasteiger partial charge in [0.1, 0.15) is 6.29 Å². The molecule has 3 aromatic rings. The quantitative estimate of drug-likeness (QED) is 0.519. The largest absolute Gasteiger partial charge is 1.00 e. The van der Waals surface area contributed by atoms with Crippen LogP contribution in [0, 0.1) is 0 Å². The summed E-state index contributed by atoms with van der Waals surface area (Å²) < 4.78 is 0. The van der Waals surface area contributed by atoms with Crippen molar-refractivity contribution in [2.75, 3.05) is 0 Å². The third-order valence-electron chi connectivity index (χ3n) is 2.87. The number of hydrogen-bond donors (Lipinski definition) is 1. The van der Waals surface area contributed by atoms with E-state index in [1.165, 1.54) is 0 Å². The van der Waals surface area contributed by atoms with E-state index >= 15 is 0 Å². The van der Waals surface area contributed by atoms with Crippen LogP contribution in [0.5, 0.6) is 0 Å². The van der Waals surface area contributed by atoms with Crippen LogP contribution in [-0.2, 0) is 0 Å². The fourth-order valence-electron chi connectivity index (χ4n) is 1.95. The third-order valence-corrected chi connectivity index (χ3v) is 2.87. The zero-order valence-electron chi connectivity index (χ0n) is 11.9. The Morgan fingerprint density at radius 1 is 1.00 bits per heavy atom. The second-order valence-electron chi connectivity index (χ2n) is 4.02. The molecule has 0 spiro atoms. The third kappa shape index (κ3) is 3.10. The molecule has 0 aliphatic rings. The Morgan fingerprint density at radius 3 is 2.30 bits per heavy atom. The van der Waals surface area contributed by atoms with Gasteiger partial charge in [-0.15, -0.1) is 10.2 Å². The molecule has 0 fully saturated rings. The molecule has 1 N–H and O–H groups in total. The van der Waals surface area contributed by atoms with Gasteiger partial charge in [0.05, 0.1) is 0 Å². The van der Waals surface area contributed by atoms with Gasteiger partial charge < -0.3 is 1.43 Å². The summed E-state index contributed by atoms with van der Waals surface area (Å²) in [6.45, 7) is 0. The molecular formula is C14H11KN4O. The molecule has 1 aromatic heterocycles. The van der Waals surface area contributed by atoms with Gasteiger partial charge in [0.25, 0.3) is 0 Å². The molecule has 1 heterocycles. The number of rotatable bonds is 3. The van der Waals surface area contributed by atoms with Crippen molar-refractivity contribution in [2.45, 2.75) is 0 Å². The van der Waals surface area contributed by atoms with E-state index in [1.807, 2.05) is 36.4 Å². The molecule has 20 heavy (non-hydrogen) atoms. The van der Waals surface area contributed by atoms with Crippen molar-refractivity contribution in [1.82, 2.24) is 20.6 Å². The Kier molecular flexibility index (Phi) is 5.33. The molecule has 94 valence electrons. The Hall–Kier alpha value is -1.18. The normalized spacial score (nSPS) is 9.80. The molecule has 0 aliphatic carbocycles. The number of nitrogens with one attached hydrogen (secondary N) is 1. The number of aromatic nitrogens is 4. The molecule has 0 saturated carbocycles. The predicted molar refractivity (Wildman–Crippen MR) is 71.5 cm³/mol. The Morgan fingerprint density at radius 2 is 1.70 bits per heavy atom. The van der Waals surface area contributed by atoms with E-state index in [0.29, 0.717) is 11.4 Å². The van der Waals surface area contributed by atoms with E-state index in [-0.39, 0.29) is 52.8 Å². The monoisotopic (exact) mass is 290 g/mol. The minimum absolute atomic E-state index is 0. The summed E-state index contributed by atoms with van der Waals surface area (Å²) in [5.74, 6) is 0.551. The Labute approximate surface area is 159 Å². The maximum atomic E-state index is 10.7. The number of aromatic amines is 1. The van der Waals surface area contributed by atoms with E-state index in [4.69, 9.17) is 0 Å².